The number of hydrogen-bond donors (Lipinski definition) is 2. The molecule has 0 spiro atoms. The smallest absolute Gasteiger partial charge is 0.243 e. The number of halogens is 1. The Bertz CT molecular complexity index is 748. The molecule has 1 saturated carbocycles. The number of nitrogens with zero attached hydrogens (tertiary/aromatic N) is 4. The van der Waals surface area contributed by atoms with E-state index in [4.69, 9.17) is 0 Å². The lowest BCUT2D eigenvalue weighted by Crippen LogP contribution is -2.34. The van der Waals surface area contributed by atoms with Crippen molar-refractivity contribution in [3.05, 3.63) is 28.7 Å². The molecule has 2 N–H and O–H groups in total. The van der Waals surface area contributed by atoms with E-state index >= 15 is 0 Å². The summed E-state index contributed by atoms with van der Waals surface area (Å²) in [5, 5.41) is 17.4. The SMILES string of the molecule is O=C(CSc1nnnn1C1CC1)NCC(=O)Nc1ccccc1Br. The van der Waals surface area contributed by atoms with E-state index in [1.54, 1.807) is 10.7 Å². The molecule has 24 heavy (non-hydrogen) atoms. The highest BCUT2D eigenvalue weighted by Crippen LogP contribution is 2.36. The molecule has 1 aliphatic carbocycles. The van der Waals surface area contributed by atoms with Crippen LogP contribution in [0.25, 0.3) is 0 Å². The highest BCUT2D eigenvalue weighted by molar-refractivity contribution is 9.10. The highest BCUT2D eigenvalue weighted by Gasteiger charge is 2.28. The maximum absolute atomic E-state index is 11.9. The first-order valence-corrected chi connectivity index (χ1v) is 9.13. The number of anilines is 1. The molecule has 0 unspecified atom stereocenters. The largest absolute Gasteiger partial charge is 0.346 e. The van der Waals surface area contributed by atoms with E-state index in [1.807, 2.05) is 18.2 Å². The Hall–Kier alpha value is -1.94. The van der Waals surface area contributed by atoms with Gasteiger partial charge in [-0.05, 0) is 51.3 Å². The zero-order valence-electron chi connectivity index (χ0n) is 12.6. The van der Waals surface area contributed by atoms with Crippen molar-refractivity contribution in [2.75, 3.05) is 17.6 Å². The zero-order chi connectivity index (χ0) is 16.9. The van der Waals surface area contributed by atoms with Crippen molar-refractivity contribution >= 4 is 45.2 Å². The topological polar surface area (TPSA) is 102 Å². The van der Waals surface area contributed by atoms with Gasteiger partial charge in [-0.3, -0.25) is 9.59 Å². The number of hydrogen-bond acceptors (Lipinski definition) is 6. The van der Waals surface area contributed by atoms with Crippen LogP contribution in [-0.4, -0.2) is 44.3 Å². The maximum atomic E-state index is 11.9. The number of nitrogens with one attached hydrogen (secondary N) is 2. The summed E-state index contributed by atoms with van der Waals surface area (Å²) in [7, 11) is 0. The second-order valence-corrected chi connectivity index (χ2v) is 7.03. The number of thioether (sulfide) groups is 1. The lowest BCUT2D eigenvalue weighted by Gasteiger charge is -2.08. The van der Waals surface area contributed by atoms with Crippen LogP contribution >= 0.6 is 27.7 Å². The molecule has 3 rings (SSSR count). The van der Waals surface area contributed by atoms with E-state index in [-0.39, 0.29) is 24.1 Å². The fraction of sp³-hybridized carbons (Fsp3) is 0.357. The first-order valence-electron chi connectivity index (χ1n) is 7.35. The lowest BCUT2D eigenvalue weighted by molar-refractivity contribution is -0.122. The summed E-state index contributed by atoms with van der Waals surface area (Å²) in [5.74, 6) is -0.370. The molecule has 10 heteroatoms. The second kappa shape index (κ2) is 7.75. The summed E-state index contributed by atoms with van der Waals surface area (Å²) in [6, 6.07) is 7.64. The van der Waals surface area contributed by atoms with Gasteiger partial charge in [0.1, 0.15) is 0 Å². The third kappa shape index (κ3) is 4.54. The van der Waals surface area contributed by atoms with Gasteiger partial charge in [0.05, 0.1) is 24.0 Å². The average Bonchev–Trinajstić information content (AvgIpc) is 3.31. The Morgan fingerprint density at radius 2 is 2.08 bits per heavy atom. The van der Waals surface area contributed by atoms with Gasteiger partial charge < -0.3 is 10.6 Å². The minimum atomic E-state index is -0.289. The fourth-order valence-corrected chi connectivity index (χ4v) is 3.10. The third-order valence-corrected chi connectivity index (χ3v) is 4.91. The minimum Gasteiger partial charge on any atom is -0.346 e. The Kier molecular flexibility index (Phi) is 5.46. The Morgan fingerprint density at radius 3 is 2.83 bits per heavy atom. The second-order valence-electron chi connectivity index (χ2n) is 5.23. The highest BCUT2D eigenvalue weighted by atomic mass is 79.9. The molecular weight excluding hydrogens is 396 g/mol. The molecule has 126 valence electrons. The Morgan fingerprint density at radius 1 is 1.29 bits per heavy atom. The predicted octanol–water partition coefficient (Wildman–Crippen LogP) is 1.62. The molecule has 1 aromatic heterocycles. The van der Waals surface area contributed by atoms with Gasteiger partial charge in [-0.25, -0.2) is 4.68 Å². The molecule has 2 aromatic rings. The van der Waals surface area contributed by atoms with Crippen LogP contribution in [0.2, 0.25) is 0 Å². The molecule has 0 atom stereocenters. The number of amides is 2. The maximum Gasteiger partial charge on any atom is 0.243 e. The molecule has 1 aliphatic rings. The van der Waals surface area contributed by atoms with E-state index < -0.39 is 0 Å². The predicted molar refractivity (Wildman–Crippen MR) is 92.6 cm³/mol. The van der Waals surface area contributed by atoms with Gasteiger partial charge in [0.2, 0.25) is 17.0 Å². The first kappa shape index (κ1) is 16.9. The molecule has 1 heterocycles. The van der Waals surface area contributed by atoms with Crippen molar-refractivity contribution in [3.8, 4) is 0 Å². The summed E-state index contributed by atoms with van der Waals surface area (Å²) in [4.78, 5) is 23.7. The molecule has 8 nitrogen and oxygen atoms in total. The normalized spacial score (nSPS) is 13.5. The minimum absolute atomic E-state index is 0.0890. The van der Waals surface area contributed by atoms with Gasteiger partial charge in [0.25, 0.3) is 0 Å². The molecule has 0 saturated heterocycles. The average molecular weight is 411 g/mol. The fourth-order valence-electron chi connectivity index (χ4n) is 1.95. The van der Waals surface area contributed by atoms with E-state index in [9.17, 15) is 9.59 Å². The van der Waals surface area contributed by atoms with Crippen molar-refractivity contribution in [1.82, 2.24) is 25.5 Å². The van der Waals surface area contributed by atoms with Crippen LogP contribution in [-0.2, 0) is 9.59 Å². The van der Waals surface area contributed by atoms with Gasteiger partial charge in [-0.2, -0.15) is 0 Å². The number of rotatable bonds is 7. The van der Waals surface area contributed by atoms with Crippen LogP contribution in [0.4, 0.5) is 5.69 Å². The number of carbonyl (C=O) groups excluding carboxylic acids is 2. The number of carbonyl (C=O) groups is 2. The van der Waals surface area contributed by atoms with Crippen LogP contribution in [0.15, 0.2) is 33.9 Å². The van der Waals surface area contributed by atoms with Crippen LogP contribution in [0.3, 0.4) is 0 Å². The quantitative estimate of drug-likeness (QED) is 0.672. The Labute approximate surface area is 150 Å². The molecule has 1 fully saturated rings. The van der Waals surface area contributed by atoms with Crippen LogP contribution in [0, 0.1) is 0 Å². The first-order chi connectivity index (χ1) is 11.6. The van der Waals surface area contributed by atoms with Crippen LogP contribution in [0.1, 0.15) is 18.9 Å². The van der Waals surface area contributed by atoms with Gasteiger partial charge in [0.15, 0.2) is 0 Å². The number of aromatic nitrogens is 4. The summed E-state index contributed by atoms with van der Waals surface area (Å²) in [5.41, 5.74) is 0.662. The van der Waals surface area contributed by atoms with Gasteiger partial charge in [0, 0.05) is 4.47 Å². The molecular formula is C14H15BrN6O2S. The van der Waals surface area contributed by atoms with E-state index in [2.05, 4.69) is 42.1 Å². The zero-order valence-corrected chi connectivity index (χ0v) is 15.0. The van der Waals surface area contributed by atoms with Crippen molar-refractivity contribution < 1.29 is 9.59 Å². The van der Waals surface area contributed by atoms with E-state index in [0.29, 0.717) is 16.9 Å². The number of benzene rings is 1. The summed E-state index contributed by atoms with van der Waals surface area (Å²) >= 11 is 4.61. The molecule has 1 aromatic carbocycles. The third-order valence-electron chi connectivity index (χ3n) is 3.28. The van der Waals surface area contributed by atoms with Crippen molar-refractivity contribution in [3.63, 3.8) is 0 Å². The monoisotopic (exact) mass is 410 g/mol. The molecule has 0 bridgehead atoms. The summed E-state index contributed by atoms with van der Waals surface area (Å²) in [6.45, 7) is -0.0890. The van der Waals surface area contributed by atoms with Crippen LogP contribution in [0.5, 0.6) is 0 Å². The van der Waals surface area contributed by atoms with Crippen molar-refractivity contribution in [2.45, 2.75) is 24.0 Å². The van der Waals surface area contributed by atoms with Gasteiger partial charge in [-0.15, -0.1) is 5.10 Å². The summed E-state index contributed by atoms with van der Waals surface area (Å²) in [6.07, 6.45) is 2.14. The summed E-state index contributed by atoms with van der Waals surface area (Å²) < 4.78 is 2.53. The standard InChI is InChI=1S/C14H15BrN6O2S/c15-10-3-1-2-4-11(10)17-12(22)7-16-13(23)8-24-14-18-19-20-21(14)9-5-6-9/h1-4,9H,5-8H2,(H,16,23)(H,17,22). The number of para-hydroxylation sites is 1. The van der Waals surface area contributed by atoms with Gasteiger partial charge >= 0.3 is 0 Å². The van der Waals surface area contributed by atoms with Crippen molar-refractivity contribution in [1.29, 1.82) is 0 Å². The van der Waals surface area contributed by atoms with Crippen molar-refractivity contribution in [2.24, 2.45) is 0 Å². The molecule has 0 radical (unpaired) electrons. The van der Waals surface area contributed by atoms with E-state index in [1.165, 1.54) is 11.8 Å². The lowest BCUT2D eigenvalue weighted by atomic mass is 10.3. The Balaban J connectivity index is 1.41. The molecule has 0 aliphatic heterocycles. The molecule has 2 amide bonds. The van der Waals surface area contributed by atoms with Crippen LogP contribution < -0.4 is 10.6 Å². The van der Waals surface area contributed by atoms with E-state index in [0.717, 1.165) is 17.3 Å². The van der Waals surface area contributed by atoms with Gasteiger partial charge in [-0.1, -0.05) is 23.9 Å². The number of tetrazole rings is 1.